The molecule has 1 aromatic carbocycles. The van der Waals surface area contributed by atoms with Crippen molar-refractivity contribution in [2.45, 2.75) is 25.3 Å². The van der Waals surface area contributed by atoms with Crippen LogP contribution in [0.25, 0.3) is 0 Å². The number of amides is 2. The summed E-state index contributed by atoms with van der Waals surface area (Å²) in [6.45, 7) is 0.309. The molecule has 1 aromatic heterocycles. The molecule has 3 N–H and O–H groups in total. The molecule has 2 amide bonds. The number of aromatic amines is 1. The Morgan fingerprint density at radius 2 is 2.16 bits per heavy atom. The highest BCUT2D eigenvalue weighted by Gasteiger charge is 2.30. The van der Waals surface area contributed by atoms with Crippen LogP contribution in [0.15, 0.2) is 30.3 Å². The second kappa shape index (κ2) is 7.33. The van der Waals surface area contributed by atoms with Gasteiger partial charge in [0.05, 0.1) is 11.7 Å². The second-order valence-electron chi connectivity index (χ2n) is 5.89. The number of carbonyl (C=O) groups excluding carboxylic acids is 2. The fourth-order valence-electron chi connectivity index (χ4n) is 2.97. The smallest absolute Gasteiger partial charge is 0.269 e. The van der Waals surface area contributed by atoms with Gasteiger partial charge in [0, 0.05) is 6.54 Å². The molecule has 0 aliphatic carbocycles. The minimum Gasteiger partial charge on any atom is -0.481 e. The van der Waals surface area contributed by atoms with E-state index in [9.17, 15) is 14.0 Å². The van der Waals surface area contributed by atoms with Gasteiger partial charge in [-0.15, -0.1) is 0 Å². The Labute approximate surface area is 144 Å². The Kier molecular flexibility index (Phi) is 4.97. The minimum atomic E-state index is -0.626. The highest BCUT2D eigenvalue weighted by Crippen LogP contribution is 2.30. The Bertz CT molecular complexity index is 777. The zero-order valence-corrected chi connectivity index (χ0v) is 13.6. The zero-order valence-electron chi connectivity index (χ0n) is 13.6. The number of benzene rings is 1. The third-order valence-electron chi connectivity index (χ3n) is 4.22. The second-order valence-corrected chi connectivity index (χ2v) is 5.89. The zero-order chi connectivity index (χ0) is 17.8. The Morgan fingerprint density at radius 3 is 2.88 bits per heavy atom. The van der Waals surface area contributed by atoms with Gasteiger partial charge in [0.25, 0.3) is 11.8 Å². The van der Waals surface area contributed by atoms with Crippen molar-refractivity contribution < 1.29 is 18.7 Å². The predicted molar refractivity (Wildman–Crippen MR) is 87.3 cm³/mol. The number of aromatic nitrogens is 2. The van der Waals surface area contributed by atoms with E-state index in [1.54, 1.807) is 23.1 Å². The number of H-pyrrole nitrogens is 1. The van der Waals surface area contributed by atoms with Crippen LogP contribution in [-0.2, 0) is 4.79 Å². The summed E-state index contributed by atoms with van der Waals surface area (Å²) in [5.74, 6) is -1.34. The number of nitrogens with zero attached hydrogens (tertiary/aromatic N) is 2. The fraction of sp³-hybridized carbons (Fsp3) is 0.353. The molecule has 1 unspecified atom stereocenters. The van der Waals surface area contributed by atoms with Gasteiger partial charge in [0.15, 0.2) is 18.2 Å². The van der Waals surface area contributed by atoms with E-state index >= 15 is 0 Å². The molecule has 7 nitrogen and oxygen atoms in total. The lowest BCUT2D eigenvalue weighted by Crippen LogP contribution is -2.41. The number of nitrogens with one attached hydrogen (secondary N) is 1. The summed E-state index contributed by atoms with van der Waals surface area (Å²) < 4.78 is 18.9. The van der Waals surface area contributed by atoms with Crippen LogP contribution < -0.4 is 10.5 Å². The van der Waals surface area contributed by atoms with Gasteiger partial charge >= 0.3 is 0 Å². The van der Waals surface area contributed by atoms with Crippen LogP contribution in [0.5, 0.6) is 5.75 Å². The molecular formula is C17H19FN4O3. The van der Waals surface area contributed by atoms with E-state index in [-0.39, 0.29) is 30.0 Å². The molecule has 8 heteroatoms. The lowest BCUT2D eigenvalue weighted by atomic mass is 9.99. The number of carbonyl (C=O) groups is 2. The first-order chi connectivity index (χ1) is 12.1. The van der Waals surface area contributed by atoms with Gasteiger partial charge < -0.3 is 15.4 Å². The fourth-order valence-corrected chi connectivity index (χ4v) is 2.97. The standard InChI is InChI=1S/C17H19FN4O3/c18-11-5-1-2-7-15(11)25-10-16(23)22-8-4-3-6-14(22)12-9-13(17(19)24)21-20-12/h1-2,5,7,9,14H,3-4,6,8,10H2,(H2,19,24)(H,20,21). The molecule has 0 bridgehead atoms. The van der Waals surface area contributed by atoms with Crippen LogP contribution in [0.3, 0.4) is 0 Å². The van der Waals surface area contributed by atoms with E-state index in [4.69, 9.17) is 10.5 Å². The quantitative estimate of drug-likeness (QED) is 0.861. The molecule has 2 heterocycles. The van der Waals surface area contributed by atoms with Crippen LogP contribution in [-0.4, -0.2) is 40.1 Å². The largest absolute Gasteiger partial charge is 0.481 e. The maximum atomic E-state index is 13.6. The Balaban J connectivity index is 1.70. The third kappa shape index (κ3) is 3.78. The number of halogens is 1. The van der Waals surface area contributed by atoms with Gasteiger partial charge in [-0.25, -0.2) is 4.39 Å². The highest BCUT2D eigenvalue weighted by molar-refractivity contribution is 5.90. The summed E-state index contributed by atoms with van der Waals surface area (Å²) in [5, 5.41) is 6.65. The van der Waals surface area contributed by atoms with Crippen LogP contribution in [0.4, 0.5) is 4.39 Å². The summed E-state index contributed by atoms with van der Waals surface area (Å²) in [6, 6.07) is 7.29. The van der Waals surface area contributed by atoms with Gasteiger partial charge in [-0.2, -0.15) is 5.10 Å². The molecule has 2 aromatic rings. The van der Waals surface area contributed by atoms with E-state index in [0.29, 0.717) is 12.2 Å². The Hall–Kier alpha value is -2.90. The average molecular weight is 346 g/mol. The number of hydrogen-bond acceptors (Lipinski definition) is 4. The molecule has 0 spiro atoms. The average Bonchev–Trinajstić information content (AvgIpc) is 3.11. The van der Waals surface area contributed by atoms with E-state index < -0.39 is 11.7 Å². The third-order valence-corrected chi connectivity index (χ3v) is 4.22. The normalized spacial score (nSPS) is 17.3. The molecular weight excluding hydrogens is 327 g/mol. The van der Waals surface area contributed by atoms with Gasteiger partial charge in [-0.3, -0.25) is 14.7 Å². The molecule has 132 valence electrons. The molecule has 25 heavy (non-hydrogen) atoms. The number of para-hydroxylation sites is 1. The van der Waals surface area contributed by atoms with Crippen LogP contribution in [0.2, 0.25) is 0 Å². The topological polar surface area (TPSA) is 101 Å². The first-order valence-corrected chi connectivity index (χ1v) is 8.08. The lowest BCUT2D eigenvalue weighted by molar-refractivity contribution is -0.137. The van der Waals surface area contributed by atoms with Crippen LogP contribution >= 0.6 is 0 Å². The number of nitrogens with two attached hydrogens (primary N) is 1. The van der Waals surface area contributed by atoms with Crippen molar-refractivity contribution in [3.63, 3.8) is 0 Å². The van der Waals surface area contributed by atoms with Gasteiger partial charge in [0.2, 0.25) is 0 Å². The van der Waals surface area contributed by atoms with E-state index in [1.165, 1.54) is 12.1 Å². The Morgan fingerprint density at radius 1 is 1.36 bits per heavy atom. The maximum Gasteiger partial charge on any atom is 0.269 e. The first kappa shape index (κ1) is 16.9. The van der Waals surface area contributed by atoms with Crippen molar-refractivity contribution in [3.8, 4) is 5.75 Å². The lowest BCUT2D eigenvalue weighted by Gasteiger charge is -2.35. The van der Waals surface area contributed by atoms with E-state index in [1.807, 2.05) is 0 Å². The van der Waals surface area contributed by atoms with E-state index in [2.05, 4.69) is 10.2 Å². The van der Waals surface area contributed by atoms with Crippen molar-refractivity contribution in [2.75, 3.05) is 13.2 Å². The van der Waals surface area contributed by atoms with Crippen LogP contribution in [0, 0.1) is 5.82 Å². The van der Waals surface area contributed by atoms with Gasteiger partial charge in [0.1, 0.15) is 5.69 Å². The SMILES string of the molecule is NC(=O)c1cc(C2CCCCN2C(=O)COc2ccccc2F)[nH]n1. The van der Waals surface area contributed by atoms with Gasteiger partial charge in [-0.05, 0) is 37.5 Å². The van der Waals surface area contributed by atoms with E-state index in [0.717, 1.165) is 19.3 Å². The van der Waals surface area contributed by atoms with Crippen molar-refractivity contribution >= 4 is 11.8 Å². The number of hydrogen-bond donors (Lipinski definition) is 2. The van der Waals surface area contributed by atoms with Crippen molar-refractivity contribution in [2.24, 2.45) is 5.73 Å². The summed E-state index contributed by atoms with van der Waals surface area (Å²) in [6.07, 6.45) is 2.57. The molecule has 0 saturated carbocycles. The molecule has 3 rings (SSSR count). The molecule has 1 aliphatic heterocycles. The molecule has 1 fully saturated rings. The van der Waals surface area contributed by atoms with Gasteiger partial charge in [-0.1, -0.05) is 12.1 Å². The number of ether oxygens (including phenoxy) is 1. The molecule has 1 saturated heterocycles. The highest BCUT2D eigenvalue weighted by atomic mass is 19.1. The minimum absolute atomic E-state index is 0.0435. The van der Waals surface area contributed by atoms with Crippen LogP contribution in [0.1, 0.15) is 41.5 Å². The van der Waals surface area contributed by atoms with Crippen molar-refractivity contribution in [3.05, 3.63) is 47.5 Å². The first-order valence-electron chi connectivity index (χ1n) is 8.08. The summed E-state index contributed by atoms with van der Waals surface area (Å²) >= 11 is 0. The number of rotatable bonds is 5. The molecule has 0 radical (unpaired) electrons. The molecule has 1 aliphatic rings. The number of likely N-dealkylation sites (tertiary alicyclic amines) is 1. The summed E-state index contributed by atoms with van der Waals surface area (Å²) in [4.78, 5) is 25.4. The van der Waals surface area contributed by atoms with Crippen molar-refractivity contribution in [1.82, 2.24) is 15.1 Å². The summed E-state index contributed by atoms with van der Waals surface area (Å²) in [7, 11) is 0. The van der Waals surface area contributed by atoms with Crippen molar-refractivity contribution in [1.29, 1.82) is 0 Å². The monoisotopic (exact) mass is 346 g/mol. The predicted octanol–water partition coefficient (Wildman–Crippen LogP) is 1.78. The molecule has 1 atom stereocenters. The number of primary amides is 1. The number of piperidine rings is 1. The summed E-state index contributed by atoms with van der Waals surface area (Å²) in [5.41, 5.74) is 6.01. The maximum absolute atomic E-state index is 13.6.